The first-order valence-corrected chi connectivity index (χ1v) is 25.2. The van der Waals surface area contributed by atoms with E-state index in [0.29, 0.717) is 11.8 Å². The summed E-state index contributed by atoms with van der Waals surface area (Å²) in [7, 11) is 0. The molecule has 0 amide bonds. The number of aryl methyl sites for hydroxylation is 2. The van der Waals surface area contributed by atoms with Crippen molar-refractivity contribution in [1.82, 2.24) is 0 Å². The zero-order valence-electron chi connectivity index (χ0n) is 39.1. The van der Waals surface area contributed by atoms with Crippen molar-refractivity contribution in [2.45, 2.75) is 212 Å². The Labute approximate surface area is 369 Å². The van der Waals surface area contributed by atoms with Gasteiger partial charge in [-0.1, -0.05) is 203 Å². The molecule has 328 valence electrons. The molecule has 1 aliphatic carbocycles. The fourth-order valence-corrected chi connectivity index (χ4v) is 10.9. The van der Waals surface area contributed by atoms with Gasteiger partial charge in [-0.25, -0.2) is 0 Å². The van der Waals surface area contributed by atoms with Gasteiger partial charge in [-0.3, -0.25) is 0 Å². The van der Waals surface area contributed by atoms with Crippen LogP contribution in [0, 0.1) is 19.8 Å². The molecule has 60 heavy (non-hydrogen) atoms. The van der Waals surface area contributed by atoms with E-state index in [1.54, 1.807) is 0 Å². The summed E-state index contributed by atoms with van der Waals surface area (Å²) >= 11 is 0. The van der Waals surface area contributed by atoms with E-state index in [0.717, 1.165) is 17.3 Å². The van der Waals surface area contributed by atoms with Crippen molar-refractivity contribution in [1.29, 1.82) is 0 Å². The van der Waals surface area contributed by atoms with Crippen molar-refractivity contribution in [2.24, 2.45) is 5.92 Å². The minimum absolute atomic E-state index is 0.0481. The van der Waals surface area contributed by atoms with Crippen molar-refractivity contribution in [3.05, 3.63) is 129 Å². The van der Waals surface area contributed by atoms with Crippen molar-refractivity contribution >= 4 is 11.4 Å². The molecule has 5 rings (SSSR count). The monoisotopic (exact) mass is 811 g/mol. The van der Waals surface area contributed by atoms with Gasteiger partial charge in [0.05, 0.1) is 0 Å². The fraction of sp³-hybridized carbons (Fsp3) is 0.586. The zero-order valence-corrected chi connectivity index (χ0v) is 39.1. The van der Waals surface area contributed by atoms with Gasteiger partial charge in [0.15, 0.2) is 0 Å². The second-order valence-corrected chi connectivity index (χ2v) is 19.3. The molecule has 0 saturated heterocycles. The van der Waals surface area contributed by atoms with Gasteiger partial charge < -0.3 is 11.5 Å². The Morgan fingerprint density at radius 2 is 0.833 bits per heavy atom. The van der Waals surface area contributed by atoms with Crippen LogP contribution < -0.4 is 11.5 Å². The molecule has 4 aromatic rings. The predicted molar refractivity (Wildman–Crippen MR) is 264 cm³/mol. The molecule has 2 atom stereocenters. The molecule has 0 aliphatic heterocycles. The van der Waals surface area contributed by atoms with Crippen LogP contribution in [0.4, 0.5) is 11.4 Å². The molecule has 1 aliphatic rings. The maximum atomic E-state index is 6.27. The van der Waals surface area contributed by atoms with E-state index < -0.39 is 0 Å². The third kappa shape index (κ3) is 13.7. The summed E-state index contributed by atoms with van der Waals surface area (Å²) in [6.07, 6.45) is 33.2. The minimum atomic E-state index is 0.0481. The third-order valence-electron chi connectivity index (χ3n) is 14.7. The van der Waals surface area contributed by atoms with Crippen molar-refractivity contribution in [2.75, 3.05) is 11.5 Å². The molecule has 4 aromatic carbocycles. The molecule has 4 N–H and O–H groups in total. The molecule has 1 saturated carbocycles. The smallest absolute Gasteiger partial charge is 0.0316 e. The van der Waals surface area contributed by atoms with Gasteiger partial charge in [-0.05, 0) is 127 Å². The van der Waals surface area contributed by atoms with Crippen LogP contribution in [0.2, 0.25) is 0 Å². The average molecular weight is 811 g/mol. The van der Waals surface area contributed by atoms with E-state index in [2.05, 4.69) is 120 Å². The van der Waals surface area contributed by atoms with Crippen molar-refractivity contribution in [3.8, 4) is 0 Å². The summed E-state index contributed by atoms with van der Waals surface area (Å²) in [4.78, 5) is 0. The fourth-order valence-electron chi connectivity index (χ4n) is 10.9. The van der Waals surface area contributed by atoms with Crippen molar-refractivity contribution in [3.63, 3.8) is 0 Å². The average Bonchev–Trinajstić information content (AvgIpc) is 3.26. The Balaban J connectivity index is 1.42. The number of hydrogen-bond acceptors (Lipinski definition) is 2. The van der Waals surface area contributed by atoms with E-state index in [1.165, 1.54) is 205 Å². The lowest BCUT2D eigenvalue weighted by molar-refractivity contribution is 0.250. The first-order valence-electron chi connectivity index (χ1n) is 25.2. The Hall–Kier alpha value is -3.52. The number of nitrogens with two attached hydrogens (primary N) is 2. The molecule has 2 unspecified atom stereocenters. The standard InChI is InChI=1S/C58H86N2/c1-6-9-12-15-18-21-24-47-39-41-58(42-40-47,50-31-27-48(28-32-50)56(25-22-19-16-13-10-7-2)54-37-35-52(59)43-45(54)4)51-33-29-49(30-34-51)57(26-23-20-17-14-11-8-3)55-38-36-53(60)44-46(55)5/h27-38,43-44,47,56-57H,6-26,39-42,59-60H2,1-5H3. The Morgan fingerprint density at radius 3 is 1.22 bits per heavy atom. The molecule has 0 spiro atoms. The maximum absolute atomic E-state index is 6.27. The van der Waals surface area contributed by atoms with Gasteiger partial charge in [-0.2, -0.15) is 0 Å². The van der Waals surface area contributed by atoms with Crippen LogP contribution in [0.3, 0.4) is 0 Å². The van der Waals surface area contributed by atoms with Crippen LogP contribution in [0.25, 0.3) is 0 Å². The van der Waals surface area contributed by atoms with Gasteiger partial charge in [-0.15, -0.1) is 0 Å². The van der Waals surface area contributed by atoms with Gasteiger partial charge in [0.1, 0.15) is 0 Å². The van der Waals surface area contributed by atoms with Gasteiger partial charge in [0.2, 0.25) is 0 Å². The number of rotatable bonds is 27. The molecule has 2 heteroatoms. The van der Waals surface area contributed by atoms with Crippen LogP contribution in [0.1, 0.15) is 238 Å². The van der Waals surface area contributed by atoms with Gasteiger partial charge in [0, 0.05) is 28.6 Å². The topological polar surface area (TPSA) is 52.0 Å². The highest BCUT2D eigenvalue weighted by molar-refractivity contribution is 5.51. The molecule has 0 radical (unpaired) electrons. The summed E-state index contributed by atoms with van der Waals surface area (Å²) in [6, 6.07) is 33.4. The molecule has 1 fully saturated rings. The Morgan fingerprint density at radius 1 is 0.467 bits per heavy atom. The first kappa shape index (κ1) is 47.5. The molecule has 0 bridgehead atoms. The van der Waals surface area contributed by atoms with Crippen LogP contribution in [-0.2, 0) is 5.41 Å². The predicted octanol–water partition coefficient (Wildman–Crippen LogP) is 17.5. The summed E-state index contributed by atoms with van der Waals surface area (Å²) in [5.74, 6) is 1.65. The largest absolute Gasteiger partial charge is 0.399 e. The van der Waals surface area contributed by atoms with E-state index in [9.17, 15) is 0 Å². The summed E-state index contributed by atoms with van der Waals surface area (Å²) in [5.41, 5.74) is 25.8. The SMILES string of the molecule is CCCCCCCCC1CCC(c2ccc(C(CCCCCCCC)c3ccc(N)cc3C)cc2)(c2ccc(C(CCCCCCCC)c3ccc(N)cc3C)cc2)CC1. The maximum Gasteiger partial charge on any atom is 0.0316 e. The first-order chi connectivity index (χ1) is 29.3. The number of nitrogen functional groups attached to an aromatic ring is 2. The molecule has 0 heterocycles. The molecule has 0 aromatic heterocycles. The summed E-state index contributed by atoms with van der Waals surface area (Å²) in [5, 5.41) is 0. The van der Waals surface area contributed by atoms with E-state index in [4.69, 9.17) is 11.5 Å². The highest BCUT2D eigenvalue weighted by atomic mass is 14.5. The van der Waals surface area contributed by atoms with Crippen LogP contribution in [-0.4, -0.2) is 0 Å². The van der Waals surface area contributed by atoms with Crippen LogP contribution >= 0.6 is 0 Å². The zero-order chi connectivity index (χ0) is 42.6. The molecular weight excluding hydrogens is 725 g/mol. The highest BCUT2D eigenvalue weighted by Crippen LogP contribution is 2.49. The second-order valence-electron chi connectivity index (χ2n) is 19.3. The Bertz CT molecular complexity index is 1660. The number of benzene rings is 4. The lowest BCUT2D eigenvalue weighted by atomic mass is 9.62. The van der Waals surface area contributed by atoms with E-state index in [1.807, 2.05) is 0 Å². The van der Waals surface area contributed by atoms with Crippen LogP contribution in [0.5, 0.6) is 0 Å². The highest BCUT2D eigenvalue weighted by Gasteiger charge is 2.38. The normalized spacial score (nSPS) is 17.8. The molecular formula is C58H86N2. The van der Waals surface area contributed by atoms with Crippen molar-refractivity contribution < 1.29 is 0 Å². The molecule has 2 nitrogen and oxygen atoms in total. The number of unbranched alkanes of at least 4 members (excludes halogenated alkanes) is 15. The summed E-state index contributed by atoms with van der Waals surface area (Å²) in [6.45, 7) is 11.4. The summed E-state index contributed by atoms with van der Waals surface area (Å²) < 4.78 is 0. The minimum Gasteiger partial charge on any atom is -0.399 e. The second kappa shape index (κ2) is 25.4. The van der Waals surface area contributed by atoms with E-state index >= 15 is 0 Å². The lowest BCUT2D eigenvalue weighted by Crippen LogP contribution is -2.33. The van der Waals surface area contributed by atoms with Gasteiger partial charge in [0.25, 0.3) is 0 Å². The third-order valence-corrected chi connectivity index (χ3v) is 14.7. The van der Waals surface area contributed by atoms with Crippen LogP contribution in [0.15, 0.2) is 84.9 Å². The number of anilines is 2. The Kier molecular flexibility index (Phi) is 20.1. The lowest BCUT2D eigenvalue weighted by Gasteiger charge is -2.42. The number of hydrogen-bond donors (Lipinski definition) is 2. The van der Waals surface area contributed by atoms with E-state index in [-0.39, 0.29) is 5.41 Å². The quantitative estimate of drug-likeness (QED) is 0.0466. The van der Waals surface area contributed by atoms with Gasteiger partial charge >= 0.3 is 0 Å².